The number of aryl methyl sites for hydroxylation is 1. The van der Waals surface area contributed by atoms with Crippen molar-refractivity contribution in [2.75, 3.05) is 47.5 Å². The van der Waals surface area contributed by atoms with Crippen LogP contribution in [0.2, 0.25) is 0 Å². The Kier molecular flexibility index (Phi) is 8.85. The summed E-state index contributed by atoms with van der Waals surface area (Å²) in [5, 5.41) is 3.00. The highest BCUT2D eigenvalue weighted by Gasteiger charge is 2.19. The first-order chi connectivity index (χ1) is 15.8. The lowest BCUT2D eigenvalue weighted by atomic mass is 10.1. The fraction of sp³-hybridized carbons (Fsp3) is 0.458. The second-order valence-corrected chi connectivity index (χ2v) is 10.3. The predicted octanol–water partition coefficient (Wildman–Crippen LogP) is 2.03. The molecule has 2 aromatic rings. The van der Waals surface area contributed by atoms with Gasteiger partial charge in [-0.05, 0) is 41.3 Å². The summed E-state index contributed by atoms with van der Waals surface area (Å²) in [6, 6.07) is 12.9. The molecule has 1 fully saturated rings. The summed E-state index contributed by atoms with van der Waals surface area (Å²) in [5.41, 5.74) is 2.97. The molecule has 33 heavy (non-hydrogen) atoms. The molecule has 1 N–H and O–H groups in total. The number of hydrogen-bond donors (Lipinski definition) is 1. The van der Waals surface area contributed by atoms with Crippen molar-refractivity contribution in [1.82, 2.24) is 14.5 Å². The van der Waals surface area contributed by atoms with Gasteiger partial charge in [-0.15, -0.1) is 0 Å². The molecular weight excluding hydrogens is 442 g/mol. The summed E-state index contributed by atoms with van der Waals surface area (Å²) in [4.78, 5) is 15.1. The Hall–Kier alpha value is -2.46. The van der Waals surface area contributed by atoms with Crippen LogP contribution >= 0.6 is 0 Å². The van der Waals surface area contributed by atoms with Gasteiger partial charge in [0.05, 0.1) is 25.2 Å². The molecule has 0 atom stereocenters. The molecule has 1 heterocycles. The average molecular weight is 476 g/mol. The van der Waals surface area contributed by atoms with Crippen molar-refractivity contribution in [2.45, 2.75) is 30.8 Å². The van der Waals surface area contributed by atoms with Crippen LogP contribution in [0.1, 0.15) is 23.1 Å². The van der Waals surface area contributed by atoms with E-state index in [-0.39, 0.29) is 17.2 Å². The van der Waals surface area contributed by atoms with Gasteiger partial charge in [-0.1, -0.05) is 24.3 Å². The minimum atomic E-state index is -3.56. The van der Waals surface area contributed by atoms with Crippen LogP contribution in [0.25, 0.3) is 0 Å². The van der Waals surface area contributed by atoms with Crippen molar-refractivity contribution < 1.29 is 22.7 Å². The summed E-state index contributed by atoms with van der Waals surface area (Å²) < 4.78 is 36.9. The van der Waals surface area contributed by atoms with Gasteiger partial charge in [-0.2, -0.15) is 0 Å². The summed E-state index contributed by atoms with van der Waals surface area (Å²) in [5.74, 6) is 0.468. The first-order valence-electron chi connectivity index (χ1n) is 11.0. The fourth-order valence-corrected chi connectivity index (χ4v) is 4.69. The molecule has 8 nitrogen and oxygen atoms in total. The van der Waals surface area contributed by atoms with Crippen LogP contribution in [0, 0.1) is 0 Å². The fourth-order valence-electron chi connectivity index (χ4n) is 3.74. The molecular formula is C24H33N3O5S. The van der Waals surface area contributed by atoms with Gasteiger partial charge in [-0.25, -0.2) is 12.7 Å². The Morgan fingerprint density at radius 2 is 1.79 bits per heavy atom. The van der Waals surface area contributed by atoms with Gasteiger partial charge < -0.3 is 14.8 Å². The molecule has 1 saturated heterocycles. The number of morpholine rings is 1. The zero-order valence-electron chi connectivity index (χ0n) is 19.5. The molecule has 1 amide bonds. The molecule has 0 bridgehead atoms. The van der Waals surface area contributed by atoms with E-state index in [0.29, 0.717) is 24.3 Å². The number of nitrogens with one attached hydrogen (secondary N) is 1. The first kappa shape index (κ1) is 25.2. The van der Waals surface area contributed by atoms with Gasteiger partial charge in [-0.3, -0.25) is 9.69 Å². The molecule has 1 aliphatic heterocycles. The van der Waals surface area contributed by atoms with E-state index < -0.39 is 10.0 Å². The Morgan fingerprint density at radius 1 is 1.09 bits per heavy atom. The largest absolute Gasteiger partial charge is 0.496 e. The standard InChI is InChI=1S/C24H33N3O5S/c1-26(2)33(29,30)22-9-10-23(31-3)19(16-22)8-11-24(28)25-17-20-6-4-5-7-21(20)18-27-12-14-32-15-13-27/h4-7,9-10,16H,8,11-15,17-18H2,1-3H3,(H,25,28). The van der Waals surface area contributed by atoms with Gasteiger partial charge in [0.2, 0.25) is 15.9 Å². The van der Waals surface area contributed by atoms with Crippen LogP contribution in [0.15, 0.2) is 47.4 Å². The third kappa shape index (κ3) is 6.77. The van der Waals surface area contributed by atoms with E-state index in [1.165, 1.54) is 37.1 Å². The van der Waals surface area contributed by atoms with E-state index >= 15 is 0 Å². The maximum atomic E-state index is 12.6. The molecule has 0 saturated carbocycles. The third-order valence-corrected chi connectivity index (χ3v) is 7.55. The molecule has 0 aliphatic carbocycles. The van der Waals surface area contributed by atoms with Crippen LogP contribution in [0.3, 0.4) is 0 Å². The van der Waals surface area contributed by atoms with E-state index in [9.17, 15) is 13.2 Å². The molecule has 3 rings (SSSR count). The average Bonchev–Trinajstić information content (AvgIpc) is 2.82. The monoisotopic (exact) mass is 475 g/mol. The summed E-state index contributed by atoms with van der Waals surface area (Å²) in [6.45, 7) is 4.60. The SMILES string of the molecule is COc1ccc(S(=O)(=O)N(C)C)cc1CCC(=O)NCc1ccccc1CN1CCOCC1. The normalized spacial score (nSPS) is 14.9. The number of methoxy groups -OCH3 is 1. The van der Waals surface area contributed by atoms with Crippen LogP contribution in [0.5, 0.6) is 5.75 Å². The molecule has 9 heteroatoms. The van der Waals surface area contributed by atoms with Crippen molar-refractivity contribution in [3.8, 4) is 5.75 Å². The van der Waals surface area contributed by atoms with Crippen molar-refractivity contribution in [3.05, 3.63) is 59.2 Å². The predicted molar refractivity (Wildman–Crippen MR) is 127 cm³/mol. The molecule has 0 unspecified atom stereocenters. The van der Waals surface area contributed by atoms with Crippen molar-refractivity contribution in [3.63, 3.8) is 0 Å². The van der Waals surface area contributed by atoms with E-state index in [1.807, 2.05) is 18.2 Å². The van der Waals surface area contributed by atoms with Crippen molar-refractivity contribution in [1.29, 1.82) is 0 Å². The Labute approximate surface area is 196 Å². The number of nitrogens with zero attached hydrogens (tertiary/aromatic N) is 2. The van der Waals surface area contributed by atoms with Crippen LogP contribution in [-0.4, -0.2) is 71.0 Å². The number of hydrogen-bond acceptors (Lipinski definition) is 6. The van der Waals surface area contributed by atoms with E-state index in [0.717, 1.165) is 38.4 Å². The maximum absolute atomic E-state index is 12.6. The lowest BCUT2D eigenvalue weighted by molar-refractivity contribution is -0.121. The Morgan fingerprint density at radius 3 is 2.45 bits per heavy atom. The lowest BCUT2D eigenvalue weighted by Crippen LogP contribution is -2.36. The third-order valence-electron chi connectivity index (χ3n) is 5.74. The number of carbonyl (C=O) groups excluding carboxylic acids is 1. The Bertz CT molecular complexity index is 1050. The number of carbonyl (C=O) groups is 1. The zero-order chi connectivity index (χ0) is 23.8. The smallest absolute Gasteiger partial charge is 0.242 e. The van der Waals surface area contributed by atoms with Crippen LogP contribution in [0.4, 0.5) is 0 Å². The highest BCUT2D eigenvalue weighted by Crippen LogP contribution is 2.25. The summed E-state index contributed by atoms with van der Waals surface area (Å²) in [6.07, 6.45) is 0.606. The molecule has 0 spiro atoms. The summed E-state index contributed by atoms with van der Waals surface area (Å²) in [7, 11) is 0.951. The molecule has 180 valence electrons. The molecule has 2 aromatic carbocycles. The minimum absolute atomic E-state index is 0.0981. The maximum Gasteiger partial charge on any atom is 0.242 e. The zero-order valence-corrected chi connectivity index (χ0v) is 20.4. The minimum Gasteiger partial charge on any atom is -0.496 e. The number of ether oxygens (including phenoxy) is 2. The highest BCUT2D eigenvalue weighted by molar-refractivity contribution is 7.89. The quantitative estimate of drug-likeness (QED) is 0.566. The number of amides is 1. The second-order valence-electron chi connectivity index (χ2n) is 8.20. The molecule has 0 radical (unpaired) electrons. The number of rotatable bonds is 10. The van der Waals surface area contributed by atoms with Gasteiger partial charge >= 0.3 is 0 Å². The van der Waals surface area contributed by atoms with Gasteiger partial charge in [0.25, 0.3) is 0 Å². The first-order valence-corrected chi connectivity index (χ1v) is 12.5. The lowest BCUT2D eigenvalue weighted by Gasteiger charge is -2.27. The second kappa shape index (κ2) is 11.6. The summed E-state index contributed by atoms with van der Waals surface area (Å²) >= 11 is 0. The van der Waals surface area contributed by atoms with E-state index in [4.69, 9.17) is 9.47 Å². The van der Waals surface area contributed by atoms with Gasteiger partial charge in [0.1, 0.15) is 5.75 Å². The number of benzene rings is 2. The van der Waals surface area contributed by atoms with Gasteiger partial charge in [0, 0.05) is 46.7 Å². The van der Waals surface area contributed by atoms with Crippen LogP contribution < -0.4 is 10.1 Å². The molecule has 0 aromatic heterocycles. The van der Waals surface area contributed by atoms with Crippen molar-refractivity contribution >= 4 is 15.9 Å². The molecule has 1 aliphatic rings. The van der Waals surface area contributed by atoms with E-state index in [2.05, 4.69) is 16.3 Å². The topological polar surface area (TPSA) is 88.2 Å². The highest BCUT2D eigenvalue weighted by atomic mass is 32.2. The number of sulfonamides is 1. The Balaban J connectivity index is 1.60. The van der Waals surface area contributed by atoms with Gasteiger partial charge in [0.15, 0.2) is 0 Å². The van der Waals surface area contributed by atoms with Crippen molar-refractivity contribution in [2.24, 2.45) is 0 Å². The van der Waals surface area contributed by atoms with Crippen LogP contribution in [-0.2, 0) is 39.1 Å². The van der Waals surface area contributed by atoms with E-state index in [1.54, 1.807) is 12.1 Å².